The number of fused-ring (bicyclic) bond motifs is 1. The summed E-state index contributed by atoms with van der Waals surface area (Å²) in [6, 6.07) is 13.1. The Bertz CT molecular complexity index is 538. The number of hydrogen-bond acceptors (Lipinski definition) is 3. The molecule has 0 aliphatic carbocycles. The standard InChI is InChI=1S/C16H19NOS/c1-11-7-8-16(19-11)12(2)17-10-14-9-13-5-3-4-6-15(13)18-14/h3-8,12,14,17H,9-10H2,1-2H3. The molecule has 1 N–H and O–H groups in total. The first kappa shape index (κ1) is 12.7. The molecule has 0 fully saturated rings. The summed E-state index contributed by atoms with van der Waals surface area (Å²) >= 11 is 1.86. The maximum atomic E-state index is 5.94. The first-order valence-electron chi connectivity index (χ1n) is 6.76. The van der Waals surface area contributed by atoms with Crippen molar-refractivity contribution in [3.05, 3.63) is 51.7 Å². The lowest BCUT2D eigenvalue weighted by Gasteiger charge is -2.16. The third-order valence-corrected chi connectivity index (χ3v) is 4.74. The molecule has 1 aromatic carbocycles. The summed E-state index contributed by atoms with van der Waals surface area (Å²) in [5.74, 6) is 1.05. The molecule has 1 aliphatic rings. The molecule has 2 heterocycles. The fourth-order valence-electron chi connectivity index (χ4n) is 2.46. The molecular weight excluding hydrogens is 254 g/mol. The van der Waals surface area contributed by atoms with Gasteiger partial charge in [0.15, 0.2) is 0 Å². The van der Waals surface area contributed by atoms with Crippen molar-refractivity contribution in [3.8, 4) is 5.75 Å². The topological polar surface area (TPSA) is 21.3 Å². The third kappa shape index (κ3) is 2.82. The largest absolute Gasteiger partial charge is 0.488 e. The summed E-state index contributed by atoms with van der Waals surface area (Å²) in [6.07, 6.45) is 1.28. The molecule has 2 unspecified atom stereocenters. The van der Waals surface area contributed by atoms with Gasteiger partial charge in [-0.15, -0.1) is 11.3 Å². The summed E-state index contributed by atoms with van der Waals surface area (Å²) < 4.78 is 5.94. The molecule has 2 nitrogen and oxygen atoms in total. The normalized spacial score (nSPS) is 18.9. The molecule has 0 saturated carbocycles. The fourth-order valence-corrected chi connectivity index (χ4v) is 3.37. The van der Waals surface area contributed by atoms with Gasteiger partial charge in [0.2, 0.25) is 0 Å². The number of rotatable bonds is 4. The van der Waals surface area contributed by atoms with Crippen molar-refractivity contribution in [2.45, 2.75) is 32.4 Å². The van der Waals surface area contributed by atoms with E-state index in [-0.39, 0.29) is 6.10 Å². The summed E-state index contributed by atoms with van der Waals surface area (Å²) in [5.41, 5.74) is 1.33. The lowest BCUT2D eigenvalue weighted by Crippen LogP contribution is -2.31. The average molecular weight is 273 g/mol. The second-order valence-electron chi connectivity index (χ2n) is 5.13. The zero-order chi connectivity index (χ0) is 13.2. The van der Waals surface area contributed by atoms with Crippen LogP contribution >= 0.6 is 11.3 Å². The maximum absolute atomic E-state index is 5.94. The highest BCUT2D eigenvalue weighted by atomic mass is 32.1. The maximum Gasteiger partial charge on any atom is 0.123 e. The molecule has 0 bridgehead atoms. The van der Waals surface area contributed by atoms with E-state index in [1.54, 1.807) is 0 Å². The van der Waals surface area contributed by atoms with Crippen LogP contribution in [0.1, 0.15) is 28.3 Å². The second-order valence-corrected chi connectivity index (χ2v) is 6.45. The van der Waals surface area contributed by atoms with Crippen LogP contribution in [0.4, 0.5) is 0 Å². The molecular formula is C16H19NOS. The minimum absolute atomic E-state index is 0.265. The minimum atomic E-state index is 0.265. The number of aryl methyl sites for hydroxylation is 1. The van der Waals surface area contributed by atoms with Gasteiger partial charge in [-0.2, -0.15) is 0 Å². The van der Waals surface area contributed by atoms with Gasteiger partial charge in [-0.1, -0.05) is 18.2 Å². The van der Waals surface area contributed by atoms with E-state index < -0.39 is 0 Å². The van der Waals surface area contributed by atoms with E-state index in [1.165, 1.54) is 15.3 Å². The highest BCUT2D eigenvalue weighted by molar-refractivity contribution is 7.12. The van der Waals surface area contributed by atoms with E-state index in [0.717, 1.165) is 18.7 Å². The predicted molar refractivity (Wildman–Crippen MR) is 80.0 cm³/mol. The predicted octanol–water partition coefficient (Wildman–Crippen LogP) is 3.71. The van der Waals surface area contributed by atoms with Gasteiger partial charge in [0.05, 0.1) is 0 Å². The number of benzene rings is 1. The smallest absolute Gasteiger partial charge is 0.123 e. The molecule has 0 radical (unpaired) electrons. The van der Waals surface area contributed by atoms with Gasteiger partial charge in [-0.25, -0.2) is 0 Å². The van der Waals surface area contributed by atoms with Crippen molar-refractivity contribution < 1.29 is 4.74 Å². The van der Waals surface area contributed by atoms with Crippen molar-refractivity contribution in [2.75, 3.05) is 6.54 Å². The van der Waals surface area contributed by atoms with Crippen molar-refractivity contribution >= 4 is 11.3 Å². The third-order valence-electron chi connectivity index (χ3n) is 3.55. The van der Waals surface area contributed by atoms with Crippen molar-refractivity contribution in [2.24, 2.45) is 0 Å². The van der Waals surface area contributed by atoms with Gasteiger partial charge >= 0.3 is 0 Å². The van der Waals surface area contributed by atoms with Crippen LogP contribution in [0.5, 0.6) is 5.75 Å². The van der Waals surface area contributed by atoms with Crippen LogP contribution in [0.25, 0.3) is 0 Å². The van der Waals surface area contributed by atoms with Crippen molar-refractivity contribution in [1.82, 2.24) is 5.32 Å². The zero-order valence-electron chi connectivity index (χ0n) is 11.3. The van der Waals surface area contributed by atoms with Crippen LogP contribution in [0.15, 0.2) is 36.4 Å². The van der Waals surface area contributed by atoms with Crippen LogP contribution in [0, 0.1) is 6.92 Å². The monoisotopic (exact) mass is 273 g/mol. The molecule has 19 heavy (non-hydrogen) atoms. The minimum Gasteiger partial charge on any atom is -0.488 e. The Balaban J connectivity index is 1.54. The first-order valence-corrected chi connectivity index (χ1v) is 7.58. The number of para-hydroxylation sites is 1. The van der Waals surface area contributed by atoms with Crippen LogP contribution < -0.4 is 10.1 Å². The number of thiophene rings is 1. The summed E-state index contributed by atoms with van der Waals surface area (Å²) in [6.45, 7) is 5.26. The average Bonchev–Trinajstić information content (AvgIpc) is 3.01. The van der Waals surface area contributed by atoms with Crippen LogP contribution in [0.3, 0.4) is 0 Å². The number of ether oxygens (including phenoxy) is 1. The Hall–Kier alpha value is -1.32. The van der Waals surface area contributed by atoms with Gasteiger partial charge in [0.25, 0.3) is 0 Å². The van der Waals surface area contributed by atoms with Crippen molar-refractivity contribution in [1.29, 1.82) is 0 Å². The molecule has 0 saturated heterocycles. The number of hydrogen-bond donors (Lipinski definition) is 1. The van der Waals surface area contributed by atoms with E-state index >= 15 is 0 Å². The molecule has 3 heteroatoms. The molecule has 2 atom stereocenters. The highest BCUT2D eigenvalue weighted by Gasteiger charge is 2.22. The lowest BCUT2D eigenvalue weighted by molar-refractivity contribution is 0.223. The van der Waals surface area contributed by atoms with E-state index in [2.05, 4.69) is 49.5 Å². The van der Waals surface area contributed by atoms with Gasteiger partial charge in [0, 0.05) is 28.8 Å². The summed E-state index contributed by atoms with van der Waals surface area (Å²) in [7, 11) is 0. The Morgan fingerprint density at radius 2 is 2.16 bits per heavy atom. The van der Waals surface area contributed by atoms with Crippen LogP contribution in [-0.2, 0) is 6.42 Å². The molecule has 3 rings (SSSR count). The highest BCUT2D eigenvalue weighted by Crippen LogP contribution is 2.28. The zero-order valence-corrected chi connectivity index (χ0v) is 12.2. The summed E-state index contributed by atoms with van der Waals surface area (Å²) in [5, 5.41) is 3.57. The quantitative estimate of drug-likeness (QED) is 0.917. The molecule has 0 amide bonds. The first-order chi connectivity index (χ1) is 9.22. The Kier molecular flexibility index (Phi) is 3.58. The Morgan fingerprint density at radius 1 is 1.32 bits per heavy atom. The molecule has 1 aliphatic heterocycles. The van der Waals surface area contributed by atoms with Gasteiger partial charge in [-0.05, 0) is 37.6 Å². The molecule has 2 aromatic rings. The van der Waals surface area contributed by atoms with Crippen molar-refractivity contribution in [3.63, 3.8) is 0 Å². The SMILES string of the molecule is Cc1ccc(C(C)NCC2Cc3ccccc3O2)s1. The molecule has 1 aromatic heterocycles. The molecule has 0 spiro atoms. The van der Waals surface area contributed by atoms with E-state index in [9.17, 15) is 0 Å². The fraction of sp³-hybridized carbons (Fsp3) is 0.375. The number of nitrogens with one attached hydrogen (secondary N) is 1. The van der Waals surface area contributed by atoms with Crippen LogP contribution in [0.2, 0.25) is 0 Å². The van der Waals surface area contributed by atoms with Gasteiger partial charge < -0.3 is 10.1 Å². The van der Waals surface area contributed by atoms with Crippen LogP contribution in [-0.4, -0.2) is 12.6 Å². The Morgan fingerprint density at radius 3 is 2.89 bits per heavy atom. The molecule has 100 valence electrons. The van der Waals surface area contributed by atoms with E-state index in [1.807, 2.05) is 17.4 Å². The lowest BCUT2D eigenvalue weighted by atomic mass is 10.1. The van der Waals surface area contributed by atoms with Gasteiger partial charge in [-0.3, -0.25) is 0 Å². The summed E-state index contributed by atoms with van der Waals surface area (Å²) in [4.78, 5) is 2.76. The van der Waals surface area contributed by atoms with E-state index in [0.29, 0.717) is 6.04 Å². The second kappa shape index (κ2) is 5.35. The van der Waals surface area contributed by atoms with Gasteiger partial charge in [0.1, 0.15) is 11.9 Å². The Labute approximate surface area is 118 Å². The van der Waals surface area contributed by atoms with E-state index in [4.69, 9.17) is 4.74 Å².